The Morgan fingerprint density at radius 2 is 2.14 bits per heavy atom. The zero-order valence-electron chi connectivity index (χ0n) is 11.7. The molecule has 0 aliphatic rings. The Morgan fingerprint density at radius 3 is 2.71 bits per heavy atom. The van der Waals surface area contributed by atoms with Crippen LogP contribution < -0.4 is 10.1 Å². The summed E-state index contributed by atoms with van der Waals surface area (Å²) in [4.78, 5) is 15.5. The first-order chi connectivity index (χ1) is 10.0. The van der Waals surface area contributed by atoms with Crippen molar-refractivity contribution in [3.05, 3.63) is 46.6 Å². The minimum absolute atomic E-state index is 0.198. The molecule has 0 aliphatic carbocycles. The smallest absolute Gasteiger partial charge is 0.335 e. The Balaban J connectivity index is 2.32. The van der Waals surface area contributed by atoms with Gasteiger partial charge in [0.1, 0.15) is 11.6 Å². The standard InChI is InChI=1S/C15H15ClN2O3/c1-3-10-6-9(15(19)20)7-14(17-10)18-11-4-5-13(21-2)12(16)8-11/h4-8H,3H2,1-2H3,(H,17,18)(H,19,20). The number of carbonyl (C=O) groups is 1. The molecule has 0 saturated carbocycles. The summed E-state index contributed by atoms with van der Waals surface area (Å²) >= 11 is 6.06. The molecule has 0 spiro atoms. The van der Waals surface area contributed by atoms with Crippen LogP contribution in [0.2, 0.25) is 5.02 Å². The fraction of sp³-hybridized carbons (Fsp3) is 0.200. The first kappa shape index (κ1) is 15.1. The maximum absolute atomic E-state index is 11.1. The highest BCUT2D eigenvalue weighted by molar-refractivity contribution is 6.32. The normalized spacial score (nSPS) is 10.2. The van der Waals surface area contributed by atoms with Crippen molar-refractivity contribution in [1.82, 2.24) is 4.98 Å². The number of carboxylic acid groups (broad SMARTS) is 1. The summed E-state index contributed by atoms with van der Waals surface area (Å²) in [6.45, 7) is 1.92. The van der Waals surface area contributed by atoms with Crippen LogP contribution in [-0.4, -0.2) is 23.2 Å². The number of anilines is 2. The van der Waals surface area contributed by atoms with E-state index in [9.17, 15) is 4.79 Å². The van der Waals surface area contributed by atoms with Crippen molar-refractivity contribution < 1.29 is 14.6 Å². The lowest BCUT2D eigenvalue weighted by atomic mass is 10.2. The molecule has 1 aromatic carbocycles. The predicted molar refractivity (Wildman–Crippen MR) is 81.9 cm³/mol. The molecule has 0 saturated heterocycles. The van der Waals surface area contributed by atoms with Gasteiger partial charge < -0.3 is 15.2 Å². The van der Waals surface area contributed by atoms with Crippen molar-refractivity contribution in [2.75, 3.05) is 12.4 Å². The maximum Gasteiger partial charge on any atom is 0.335 e. The van der Waals surface area contributed by atoms with E-state index in [0.29, 0.717) is 34.4 Å². The van der Waals surface area contributed by atoms with Crippen molar-refractivity contribution in [2.45, 2.75) is 13.3 Å². The molecule has 1 heterocycles. The topological polar surface area (TPSA) is 71.5 Å². The number of aryl methyl sites for hydroxylation is 1. The van der Waals surface area contributed by atoms with Crippen LogP contribution in [-0.2, 0) is 6.42 Å². The third kappa shape index (κ3) is 3.64. The summed E-state index contributed by atoms with van der Waals surface area (Å²) in [5, 5.41) is 12.6. The Bertz CT molecular complexity index is 674. The van der Waals surface area contributed by atoms with E-state index in [1.807, 2.05) is 6.92 Å². The number of halogens is 1. The molecule has 0 radical (unpaired) electrons. The average Bonchev–Trinajstić information content (AvgIpc) is 2.47. The van der Waals surface area contributed by atoms with E-state index in [-0.39, 0.29) is 5.56 Å². The molecule has 0 amide bonds. The molecule has 2 rings (SSSR count). The summed E-state index contributed by atoms with van der Waals surface area (Å²) < 4.78 is 5.08. The first-order valence-corrected chi connectivity index (χ1v) is 6.76. The van der Waals surface area contributed by atoms with E-state index < -0.39 is 5.97 Å². The third-order valence-electron chi connectivity index (χ3n) is 2.91. The van der Waals surface area contributed by atoms with Crippen LogP contribution in [0.15, 0.2) is 30.3 Å². The van der Waals surface area contributed by atoms with Crippen LogP contribution in [0.3, 0.4) is 0 Å². The lowest BCUT2D eigenvalue weighted by molar-refractivity contribution is 0.0696. The van der Waals surface area contributed by atoms with Gasteiger partial charge in [-0.3, -0.25) is 0 Å². The summed E-state index contributed by atoms with van der Waals surface area (Å²) in [5.41, 5.74) is 1.61. The number of nitrogens with one attached hydrogen (secondary N) is 1. The lowest BCUT2D eigenvalue weighted by Crippen LogP contribution is -2.03. The number of rotatable bonds is 5. The fourth-order valence-electron chi connectivity index (χ4n) is 1.85. The van der Waals surface area contributed by atoms with E-state index in [1.165, 1.54) is 6.07 Å². The summed E-state index contributed by atoms with van der Waals surface area (Å²) in [5.74, 6) is 0.0552. The number of pyridine rings is 1. The number of benzene rings is 1. The molecule has 2 aromatic rings. The summed E-state index contributed by atoms with van der Waals surface area (Å²) in [7, 11) is 1.54. The van der Waals surface area contributed by atoms with E-state index in [2.05, 4.69) is 10.3 Å². The van der Waals surface area contributed by atoms with Gasteiger partial charge in [0.05, 0.1) is 17.7 Å². The zero-order chi connectivity index (χ0) is 15.4. The van der Waals surface area contributed by atoms with Gasteiger partial charge in [0.25, 0.3) is 0 Å². The number of hydrogen-bond acceptors (Lipinski definition) is 4. The van der Waals surface area contributed by atoms with Gasteiger partial charge in [-0.25, -0.2) is 9.78 Å². The van der Waals surface area contributed by atoms with E-state index in [4.69, 9.17) is 21.4 Å². The highest BCUT2D eigenvalue weighted by Gasteiger charge is 2.09. The zero-order valence-corrected chi connectivity index (χ0v) is 12.4. The predicted octanol–water partition coefficient (Wildman–Crippen LogP) is 3.75. The van der Waals surface area contributed by atoms with Crippen LogP contribution in [0.5, 0.6) is 5.75 Å². The number of aromatic nitrogens is 1. The second kappa shape index (κ2) is 6.45. The molecule has 2 N–H and O–H groups in total. The van der Waals surface area contributed by atoms with E-state index >= 15 is 0 Å². The lowest BCUT2D eigenvalue weighted by Gasteiger charge is -2.10. The minimum Gasteiger partial charge on any atom is -0.495 e. The van der Waals surface area contributed by atoms with Crippen molar-refractivity contribution in [3.63, 3.8) is 0 Å². The Morgan fingerprint density at radius 1 is 1.38 bits per heavy atom. The molecule has 6 heteroatoms. The highest BCUT2D eigenvalue weighted by Crippen LogP contribution is 2.28. The van der Waals surface area contributed by atoms with Crippen LogP contribution in [0.4, 0.5) is 11.5 Å². The molecule has 0 aliphatic heterocycles. The van der Waals surface area contributed by atoms with E-state index in [1.54, 1.807) is 31.4 Å². The Hall–Kier alpha value is -2.27. The van der Waals surface area contributed by atoms with Gasteiger partial charge in [-0.1, -0.05) is 18.5 Å². The molecule has 0 unspecified atom stereocenters. The van der Waals surface area contributed by atoms with Crippen molar-refractivity contribution in [3.8, 4) is 5.75 Å². The highest BCUT2D eigenvalue weighted by atomic mass is 35.5. The average molecular weight is 307 g/mol. The van der Waals surface area contributed by atoms with Gasteiger partial charge in [-0.2, -0.15) is 0 Å². The second-order valence-corrected chi connectivity index (χ2v) is 4.77. The molecule has 1 aromatic heterocycles. The Kier molecular flexibility index (Phi) is 4.65. The van der Waals surface area contributed by atoms with Gasteiger partial charge in [0.15, 0.2) is 0 Å². The summed E-state index contributed by atoms with van der Waals surface area (Å²) in [6, 6.07) is 8.26. The number of carboxylic acids is 1. The maximum atomic E-state index is 11.1. The fourth-order valence-corrected chi connectivity index (χ4v) is 2.11. The largest absolute Gasteiger partial charge is 0.495 e. The van der Waals surface area contributed by atoms with Gasteiger partial charge >= 0.3 is 5.97 Å². The molecule has 0 bridgehead atoms. The number of aromatic carboxylic acids is 1. The molecule has 21 heavy (non-hydrogen) atoms. The van der Waals surface area contributed by atoms with Gasteiger partial charge in [0, 0.05) is 11.4 Å². The third-order valence-corrected chi connectivity index (χ3v) is 3.21. The van der Waals surface area contributed by atoms with Crippen molar-refractivity contribution >= 4 is 29.1 Å². The minimum atomic E-state index is -0.983. The molecule has 0 atom stereocenters. The van der Waals surface area contributed by atoms with Gasteiger partial charge in [-0.15, -0.1) is 0 Å². The molecular weight excluding hydrogens is 292 g/mol. The monoisotopic (exact) mass is 306 g/mol. The second-order valence-electron chi connectivity index (χ2n) is 4.37. The van der Waals surface area contributed by atoms with Crippen molar-refractivity contribution in [1.29, 1.82) is 0 Å². The number of ether oxygens (including phenoxy) is 1. The Labute approximate surface area is 127 Å². The number of nitrogens with zero attached hydrogens (tertiary/aromatic N) is 1. The molecule has 110 valence electrons. The number of methoxy groups -OCH3 is 1. The molecular formula is C15H15ClN2O3. The molecule has 5 nitrogen and oxygen atoms in total. The number of hydrogen-bond donors (Lipinski definition) is 2. The van der Waals surface area contributed by atoms with Gasteiger partial charge in [-0.05, 0) is 36.8 Å². The SMILES string of the molecule is CCc1cc(C(=O)O)cc(Nc2ccc(OC)c(Cl)c2)n1. The first-order valence-electron chi connectivity index (χ1n) is 6.38. The van der Waals surface area contributed by atoms with E-state index in [0.717, 1.165) is 0 Å². The van der Waals surface area contributed by atoms with Gasteiger partial charge in [0.2, 0.25) is 0 Å². The quantitative estimate of drug-likeness (QED) is 0.880. The van der Waals surface area contributed by atoms with Crippen LogP contribution in [0.25, 0.3) is 0 Å². The van der Waals surface area contributed by atoms with Crippen molar-refractivity contribution in [2.24, 2.45) is 0 Å². The van der Waals surface area contributed by atoms with Crippen LogP contribution in [0, 0.1) is 0 Å². The molecule has 0 fully saturated rings. The summed E-state index contributed by atoms with van der Waals surface area (Å²) in [6.07, 6.45) is 0.652. The van der Waals surface area contributed by atoms with Crippen LogP contribution in [0.1, 0.15) is 23.0 Å². The van der Waals surface area contributed by atoms with Crippen LogP contribution >= 0.6 is 11.6 Å².